The molecule has 3 amide bonds. The molecule has 0 spiro atoms. The van der Waals surface area contributed by atoms with E-state index in [0.717, 1.165) is 24.2 Å². The van der Waals surface area contributed by atoms with Gasteiger partial charge in [0.15, 0.2) is 0 Å². The summed E-state index contributed by atoms with van der Waals surface area (Å²) in [5.41, 5.74) is 1.30. The predicted molar refractivity (Wildman–Crippen MR) is 150 cm³/mol. The van der Waals surface area contributed by atoms with Crippen LogP contribution in [0.2, 0.25) is 0 Å². The van der Waals surface area contributed by atoms with Crippen LogP contribution in [0, 0.1) is 0 Å². The van der Waals surface area contributed by atoms with Crippen LogP contribution in [0.25, 0.3) is 11.1 Å². The molecule has 0 fully saturated rings. The first kappa shape index (κ1) is 29.0. The second-order valence-electron chi connectivity index (χ2n) is 9.07. The van der Waals surface area contributed by atoms with Crippen LogP contribution in [0.4, 0.5) is 24.7 Å². The fourth-order valence-electron chi connectivity index (χ4n) is 4.14. The summed E-state index contributed by atoms with van der Waals surface area (Å²) < 4.78 is 38.8. The number of aromatic nitrogens is 1. The summed E-state index contributed by atoms with van der Waals surface area (Å²) >= 11 is 0. The van der Waals surface area contributed by atoms with Crippen LogP contribution in [0.1, 0.15) is 39.6 Å². The number of halogens is 3. The normalized spacial score (nSPS) is 11.0. The lowest BCUT2D eigenvalue weighted by atomic mass is 9.98. The van der Waals surface area contributed by atoms with Crippen LogP contribution >= 0.6 is 0 Å². The van der Waals surface area contributed by atoms with Crippen LogP contribution in [-0.4, -0.2) is 35.8 Å². The molecule has 4 aromatic rings. The predicted octanol–water partition coefficient (Wildman–Crippen LogP) is 6.19. The topological polar surface area (TPSA) is 91.4 Å². The van der Waals surface area contributed by atoms with E-state index in [0.29, 0.717) is 17.7 Å². The van der Waals surface area contributed by atoms with Crippen molar-refractivity contribution in [2.45, 2.75) is 19.5 Å². The maximum Gasteiger partial charge on any atom is 0.416 e. The number of anilines is 2. The number of rotatable bonds is 9. The van der Waals surface area contributed by atoms with Gasteiger partial charge in [0, 0.05) is 24.0 Å². The van der Waals surface area contributed by atoms with Gasteiger partial charge in [-0.05, 0) is 60.0 Å². The van der Waals surface area contributed by atoms with Crippen molar-refractivity contribution in [3.05, 3.63) is 114 Å². The van der Waals surface area contributed by atoms with Crippen molar-refractivity contribution in [3.8, 4) is 11.1 Å². The van der Waals surface area contributed by atoms with Crippen molar-refractivity contribution < 1.29 is 27.6 Å². The summed E-state index contributed by atoms with van der Waals surface area (Å²) in [6.45, 7) is 2.27. The van der Waals surface area contributed by atoms with Crippen molar-refractivity contribution >= 4 is 29.2 Å². The number of alkyl halides is 3. The lowest BCUT2D eigenvalue weighted by molar-refractivity contribution is -0.137. The number of benzene rings is 3. The van der Waals surface area contributed by atoms with Gasteiger partial charge in [-0.2, -0.15) is 13.2 Å². The second-order valence-corrected chi connectivity index (χ2v) is 9.07. The SMILES string of the molecule is CCCN(C(=O)CNC(=O)c1ccc(NC(=O)c2ccccc2-c2ccc(C(F)(F)F)cc2)nc1)c1ccccc1. The molecule has 0 unspecified atom stereocenters. The van der Waals surface area contributed by atoms with Crippen molar-refractivity contribution in [1.29, 1.82) is 0 Å². The Morgan fingerprint density at radius 2 is 1.51 bits per heavy atom. The van der Waals surface area contributed by atoms with Crippen molar-refractivity contribution in [3.63, 3.8) is 0 Å². The molecule has 0 bridgehead atoms. The van der Waals surface area contributed by atoms with E-state index in [1.807, 2.05) is 37.3 Å². The van der Waals surface area contributed by atoms with E-state index in [-0.39, 0.29) is 29.4 Å². The smallest absolute Gasteiger partial charge is 0.343 e. The summed E-state index contributed by atoms with van der Waals surface area (Å²) in [4.78, 5) is 44.2. The van der Waals surface area contributed by atoms with Gasteiger partial charge in [0.2, 0.25) is 5.91 Å². The molecule has 1 heterocycles. The summed E-state index contributed by atoms with van der Waals surface area (Å²) in [5, 5.41) is 5.25. The number of pyridine rings is 1. The molecule has 41 heavy (non-hydrogen) atoms. The average molecular weight is 561 g/mol. The van der Waals surface area contributed by atoms with Gasteiger partial charge in [0.1, 0.15) is 5.82 Å². The maximum absolute atomic E-state index is 13.0. The van der Waals surface area contributed by atoms with Gasteiger partial charge < -0.3 is 15.5 Å². The fourth-order valence-corrected chi connectivity index (χ4v) is 4.14. The Morgan fingerprint density at radius 3 is 2.15 bits per heavy atom. The molecule has 210 valence electrons. The molecule has 0 radical (unpaired) electrons. The third-order valence-corrected chi connectivity index (χ3v) is 6.18. The molecule has 3 aromatic carbocycles. The number of para-hydroxylation sites is 1. The van der Waals surface area contributed by atoms with E-state index in [4.69, 9.17) is 0 Å². The van der Waals surface area contributed by atoms with E-state index < -0.39 is 23.6 Å². The van der Waals surface area contributed by atoms with Gasteiger partial charge in [-0.3, -0.25) is 14.4 Å². The average Bonchev–Trinajstić information content (AvgIpc) is 2.99. The summed E-state index contributed by atoms with van der Waals surface area (Å²) in [7, 11) is 0. The largest absolute Gasteiger partial charge is 0.416 e. The minimum absolute atomic E-state index is 0.169. The molecule has 4 rings (SSSR count). The van der Waals surface area contributed by atoms with Gasteiger partial charge in [-0.15, -0.1) is 0 Å². The Labute approximate surface area is 235 Å². The second kappa shape index (κ2) is 12.9. The van der Waals surface area contributed by atoms with Crippen LogP contribution in [-0.2, 0) is 11.0 Å². The highest BCUT2D eigenvalue weighted by molar-refractivity contribution is 6.08. The van der Waals surface area contributed by atoms with Gasteiger partial charge in [-0.1, -0.05) is 55.5 Å². The Hall–Kier alpha value is -4.99. The fraction of sp³-hybridized carbons (Fsp3) is 0.161. The zero-order valence-electron chi connectivity index (χ0n) is 22.1. The number of nitrogens with zero attached hydrogens (tertiary/aromatic N) is 2. The Kier molecular flexibility index (Phi) is 9.13. The quantitative estimate of drug-likeness (QED) is 0.255. The van der Waals surface area contributed by atoms with Crippen LogP contribution in [0.3, 0.4) is 0 Å². The van der Waals surface area contributed by atoms with Gasteiger partial charge in [0.25, 0.3) is 11.8 Å². The van der Waals surface area contributed by atoms with Gasteiger partial charge >= 0.3 is 6.18 Å². The number of amides is 3. The third-order valence-electron chi connectivity index (χ3n) is 6.18. The number of nitrogens with one attached hydrogen (secondary N) is 2. The monoisotopic (exact) mass is 560 g/mol. The van der Waals surface area contributed by atoms with E-state index in [1.165, 1.54) is 30.5 Å². The minimum atomic E-state index is -4.46. The molecule has 7 nitrogen and oxygen atoms in total. The summed E-state index contributed by atoms with van der Waals surface area (Å²) in [6, 6.07) is 23.2. The van der Waals surface area contributed by atoms with E-state index in [9.17, 15) is 27.6 Å². The van der Waals surface area contributed by atoms with Crippen molar-refractivity contribution in [2.75, 3.05) is 23.3 Å². The molecule has 0 aliphatic carbocycles. The van der Waals surface area contributed by atoms with E-state index in [2.05, 4.69) is 15.6 Å². The van der Waals surface area contributed by atoms with Gasteiger partial charge in [-0.25, -0.2) is 4.98 Å². The number of carbonyl (C=O) groups is 3. The molecule has 0 atom stereocenters. The molecule has 0 aliphatic heterocycles. The first-order valence-electron chi connectivity index (χ1n) is 12.8. The summed E-state index contributed by atoms with van der Waals surface area (Å²) in [5.74, 6) is -1.10. The Bertz CT molecular complexity index is 1510. The van der Waals surface area contributed by atoms with Crippen molar-refractivity contribution in [1.82, 2.24) is 10.3 Å². The minimum Gasteiger partial charge on any atom is -0.343 e. The number of carbonyl (C=O) groups excluding carboxylic acids is 3. The zero-order valence-corrected chi connectivity index (χ0v) is 22.1. The molecule has 1 aromatic heterocycles. The molecular weight excluding hydrogens is 533 g/mol. The molecular formula is C31H27F3N4O3. The Balaban J connectivity index is 1.39. The lowest BCUT2D eigenvalue weighted by Crippen LogP contribution is -2.40. The van der Waals surface area contributed by atoms with Crippen LogP contribution in [0.15, 0.2) is 97.2 Å². The van der Waals surface area contributed by atoms with Crippen LogP contribution in [0.5, 0.6) is 0 Å². The van der Waals surface area contributed by atoms with E-state index >= 15 is 0 Å². The molecule has 0 aliphatic rings. The molecule has 0 saturated heterocycles. The first-order chi connectivity index (χ1) is 19.7. The number of hydrogen-bond donors (Lipinski definition) is 2. The van der Waals surface area contributed by atoms with Gasteiger partial charge in [0.05, 0.1) is 17.7 Å². The summed E-state index contributed by atoms with van der Waals surface area (Å²) in [6.07, 6.45) is -2.43. The van der Waals surface area contributed by atoms with E-state index in [1.54, 1.807) is 29.2 Å². The molecule has 2 N–H and O–H groups in total. The Morgan fingerprint density at radius 1 is 0.829 bits per heavy atom. The highest BCUT2D eigenvalue weighted by atomic mass is 19.4. The van der Waals surface area contributed by atoms with Crippen molar-refractivity contribution in [2.24, 2.45) is 0 Å². The van der Waals surface area contributed by atoms with Crippen LogP contribution < -0.4 is 15.5 Å². The molecule has 0 saturated carbocycles. The third kappa shape index (κ3) is 7.36. The maximum atomic E-state index is 13.0. The first-order valence-corrected chi connectivity index (χ1v) is 12.8. The number of hydrogen-bond acceptors (Lipinski definition) is 4. The molecule has 10 heteroatoms. The standard InChI is InChI=1S/C31H27F3N4O3/c1-2-18-38(24-8-4-3-5-9-24)28(39)20-36-29(40)22-14-17-27(35-19-22)37-30(41)26-11-7-6-10-25(26)21-12-15-23(16-13-21)31(32,33)34/h3-17,19H,2,18,20H2,1H3,(H,36,40)(H,35,37,41). The highest BCUT2D eigenvalue weighted by Gasteiger charge is 2.30. The zero-order chi connectivity index (χ0) is 29.4. The highest BCUT2D eigenvalue weighted by Crippen LogP contribution is 2.32. The lowest BCUT2D eigenvalue weighted by Gasteiger charge is -2.22.